The van der Waals surface area contributed by atoms with E-state index in [2.05, 4.69) is 45.5 Å². The third-order valence-corrected chi connectivity index (χ3v) is 5.76. The molecule has 2 aromatic carbocycles. The molecular weight excluding hydrogens is 384 g/mol. The fourth-order valence-corrected chi connectivity index (χ4v) is 4.04. The predicted molar refractivity (Wildman–Crippen MR) is 115 cm³/mol. The number of hydrogen-bond donors (Lipinski definition) is 1. The summed E-state index contributed by atoms with van der Waals surface area (Å²) in [5, 5.41) is 4.77. The van der Waals surface area contributed by atoms with Crippen molar-refractivity contribution in [3.8, 4) is 11.1 Å². The van der Waals surface area contributed by atoms with E-state index in [-0.39, 0.29) is 18.4 Å². The predicted octanol–water partition coefficient (Wildman–Crippen LogP) is 2.89. The van der Waals surface area contributed by atoms with Crippen molar-refractivity contribution < 1.29 is 9.59 Å². The Balaban J connectivity index is 1.35. The van der Waals surface area contributed by atoms with Gasteiger partial charge in [0.2, 0.25) is 5.91 Å². The second-order valence-corrected chi connectivity index (χ2v) is 7.67. The molecule has 1 N–H and O–H groups in total. The van der Waals surface area contributed by atoms with Crippen molar-refractivity contribution in [2.45, 2.75) is 0 Å². The first-order valence-corrected chi connectivity index (χ1v) is 10.5. The minimum Gasteiger partial charge on any atom is -0.367 e. The number of carbonyl (C=O) groups excluding carboxylic acids is 2. The lowest BCUT2D eigenvalue weighted by Crippen LogP contribution is -2.51. The summed E-state index contributed by atoms with van der Waals surface area (Å²) in [6.07, 6.45) is 1.58. The Hall–Kier alpha value is -3.19. The van der Waals surface area contributed by atoms with Crippen LogP contribution >= 0.6 is 11.3 Å². The van der Waals surface area contributed by atoms with Crippen molar-refractivity contribution in [1.29, 1.82) is 0 Å². The largest absolute Gasteiger partial charge is 0.367 e. The molecule has 0 unspecified atom stereocenters. The summed E-state index contributed by atoms with van der Waals surface area (Å²) >= 11 is 1.26. The zero-order chi connectivity index (χ0) is 20.1. The van der Waals surface area contributed by atoms with Crippen LogP contribution in [0.1, 0.15) is 9.80 Å². The highest BCUT2D eigenvalue weighted by Gasteiger charge is 2.23. The maximum absolute atomic E-state index is 12.5. The van der Waals surface area contributed by atoms with Crippen LogP contribution in [0.25, 0.3) is 11.1 Å². The minimum atomic E-state index is -0.302. The first-order chi connectivity index (χ1) is 14.2. The van der Waals surface area contributed by atoms with E-state index in [1.54, 1.807) is 11.6 Å². The van der Waals surface area contributed by atoms with E-state index in [9.17, 15) is 9.59 Å². The first-order valence-electron chi connectivity index (χ1n) is 9.57. The number of piperazine rings is 1. The lowest BCUT2D eigenvalue weighted by Gasteiger charge is -2.37. The Morgan fingerprint density at radius 3 is 2.41 bits per heavy atom. The zero-order valence-corrected chi connectivity index (χ0v) is 16.8. The van der Waals surface area contributed by atoms with Gasteiger partial charge in [-0.25, -0.2) is 4.98 Å². The smallest absolute Gasteiger partial charge is 0.280 e. The summed E-state index contributed by atoms with van der Waals surface area (Å²) in [4.78, 5) is 32.5. The van der Waals surface area contributed by atoms with Crippen LogP contribution in [-0.2, 0) is 4.79 Å². The Morgan fingerprint density at radius 2 is 1.69 bits per heavy atom. The number of nitrogens with one attached hydrogen (secondary N) is 1. The Kier molecular flexibility index (Phi) is 5.86. The number of carbonyl (C=O) groups is 2. The summed E-state index contributed by atoms with van der Waals surface area (Å²) in [5.41, 5.74) is 3.57. The van der Waals surface area contributed by atoms with Crippen LogP contribution in [-0.4, -0.2) is 54.4 Å². The molecule has 29 heavy (non-hydrogen) atoms. The molecule has 0 bridgehead atoms. The van der Waals surface area contributed by atoms with Gasteiger partial charge in [-0.3, -0.25) is 9.59 Å². The lowest BCUT2D eigenvalue weighted by atomic mass is 10.0. The highest BCUT2D eigenvalue weighted by atomic mass is 32.1. The van der Waals surface area contributed by atoms with Gasteiger partial charge < -0.3 is 15.1 Å². The molecule has 1 aliphatic rings. The number of aromatic nitrogens is 1. The molecule has 0 spiro atoms. The first kappa shape index (κ1) is 19.1. The van der Waals surface area contributed by atoms with E-state index in [1.807, 2.05) is 29.2 Å². The summed E-state index contributed by atoms with van der Waals surface area (Å²) < 4.78 is 0. The molecule has 6 nitrogen and oxygen atoms in total. The number of para-hydroxylation sites is 1. The van der Waals surface area contributed by atoms with Gasteiger partial charge in [0.25, 0.3) is 5.91 Å². The molecule has 0 saturated carbocycles. The SMILES string of the molecule is O=C(NCC(=O)N1CCN(c2ccccc2-c2ccccc2)CC1)c1nccs1. The monoisotopic (exact) mass is 406 g/mol. The average molecular weight is 407 g/mol. The highest BCUT2D eigenvalue weighted by Crippen LogP contribution is 2.31. The third-order valence-electron chi connectivity index (χ3n) is 4.99. The molecule has 1 saturated heterocycles. The summed E-state index contributed by atoms with van der Waals surface area (Å²) in [5.74, 6) is -0.366. The molecule has 1 aromatic heterocycles. The zero-order valence-electron chi connectivity index (χ0n) is 16.0. The molecule has 0 radical (unpaired) electrons. The van der Waals surface area contributed by atoms with Crippen LogP contribution in [0.5, 0.6) is 0 Å². The molecule has 0 atom stereocenters. The van der Waals surface area contributed by atoms with E-state index in [4.69, 9.17) is 0 Å². The molecule has 3 aromatic rings. The second kappa shape index (κ2) is 8.87. The van der Waals surface area contributed by atoms with Gasteiger partial charge in [-0.2, -0.15) is 0 Å². The van der Waals surface area contributed by atoms with Gasteiger partial charge in [0.1, 0.15) is 0 Å². The van der Waals surface area contributed by atoms with Crippen molar-refractivity contribution in [3.05, 3.63) is 71.2 Å². The molecule has 2 amide bonds. The van der Waals surface area contributed by atoms with E-state index in [1.165, 1.54) is 28.2 Å². The molecule has 1 aliphatic heterocycles. The summed E-state index contributed by atoms with van der Waals surface area (Å²) in [6.45, 7) is 2.79. The number of thiazole rings is 1. The van der Waals surface area contributed by atoms with Crippen LogP contribution in [0.4, 0.5) is 5.69 Å². The second-order valence-electron chi connectivity index (χ2n) is 6.77. The van der Waals surface area contributed by atoms with Crippen LogP contribution < -0.4 is 10.2 Å². The van der Waals surface area contributed by atoms with E-state index in [0.29, 0.717) is 18.1 Å². The van der Waals surface area contributed by atoms with Crippen molar-refractivity contribution in [1.82, 2.24) is 15.2 Å². The van der Waals surface area contributed by atoms with Crippen molar-refractivity contribution >= 4 is 28.8 Å². The van der Waals surface area contributed by atoms with Gasteiger partial charge in [-0.05, 0) is 11.6 Å². The van der Waals surface area contributed by atoms with Crippen molar-refractivity contribution in [3.63, 3.8) is 0 Å². The summed E-state index contributed by atoms with van der Waals surface area (Å²) in [7, 11) is 0. The number of benzene rings is 2. The van der Waals surface area contributed by atoms with Crippen molar-refractivity contribution in [2.75, 3.05) is 37.6 Å². The van der Waals surface area contributed by atoms with Crippen LogP contribution in [0.15, 0.2) is 66.2 Å². The number of rotatable bonds is 5. The van der Waals surface area contributed by atoms with E-state index < -0.39 is 0 Å². The lowest BCUT2D eigenvalue weighted by molar-refractivity contribution is -0.130. The maximum atomic E-state index is 12.5. The van der Waals surface area contributed by atoms with Crippen LogP contribution in [0, 0.1) is 0 Å². The minimum absolute atomic E-state index is 0.000977. The highest BCUT2D eigenvalue weighted by molar-refractivity contribution is 7.11. The maximum Gasteiger partial charge on any atom is 0.280 e. The molecule has 1 fully saturated rings. The number of anilines is 1. The number of amides is 2. The standard InChI is InChI=1S/C22H22N4O2S/c27-20(16-24-21(28)22-23-10-15-29-22)26-13-11-25(12-14-26)19-9-5-4-8-18(19)17-6-2-1-3-7-17/h1-10,15H,11-14,16H2,(H,24,28). The van der Waals surface area contributed by atoms with Gasteiger partial charge in [0.05, 0.1) is 6.54 Å². The normalized spacial score (nSPS) is 13.9. The third kappa shape index (κ3) is 4.46. The molecule has 7 heteroatoms. The quantitative estimate of drug-likeness (QED) is 0.708. The van der Waals surface area contributed by atoms with Gasteiger partial charge in [-0.1, -0.05) is 48.5 Å². The fraction of sp³-hybridized carbons (Fsp3) is 0.227. The Morgan fingerprint density at radius 1 is 0.966 bits per heavy atom. The average Bonchev–Trinajstić information content (AvgIpc) is 3.33. The number of nitrogens with zero attached hydrogens (tertiary/aromatic N) is 3. The van der Waals surface area contributed by atoms with Crippen molar-refractivity contribution in [2.24, 2.45) is 0 Å². The molecule has 148 valence electrons. The molecule has 4 rings (SSSR count). The molecule has 2 heterocycles. The summed E-state index contributed by atoms with van der Waals surface area (Å²) in [6, 6.07) is 18.7. The van der Waals surface area contributed by atoms with E-state index in [0.717, 1.165) is 13.1 Å². The topological polar surface area (TPSA) is 65.5 Å². The van der Waals surface area contributed by atoms with Gasteiger partial charge >= 0.3 is 0 Å². The van der Waals surface area contributed by atoms with Gasteiger partial charge in [-0.15, -0.1) is 11.3 Å². The Labute approximate surface area is 173 Å². The molecular formula is C22H22N4O2S. The van der Waals surface area contributed by atoms with Crippen LogP contribution in [0.2, 0.25) is 0 Å². The number of hydrogen-bond acceptors (Lipinski definition) is 5. The fourth-order valence-electron chi connectivity index (χ4n) is 3.49. The Bertz CT molecular complexity index is 967. The molecule has 0 aliphatic carbocycles. The van der Waals surface area contributed by atoms with E-state index >= 15 is 0 Å². The van der Waals surface area contributed by atoms with Crippen LogP contribution in [0.3, 0.4) is 0 Å². The van der Waals surface area contributed by atoms with Gasteiger partial charge in [0.15, 0.2) is 5.01 Å². The van der Waals surface area contributed by atoms with Gasteiger partial charge in [0, 0.05) is 49.0 Å².